The van der Waals surface area contributed by atoms with Crippen molar-refractivity contribution in [2.24, 2.45) is 0 Å². The van der Waals surface area contributed by atoms with Gasteiger partial charge in [0, 0.05) is 0 Å². The molecule has 0 fully saturated rings. The Labute approximate surface area is 359 Å². The van der Waals surface area contributed by atoms with Crippen LogP contribution in [0.3, 0.4) is 0 Å². The van der Waals surface area contributed by atoms with Gasteiger partial charge in [-0.05, 0) is 194 Å². The topological polar surface area (TPSA) is 73.8 Å². The second kappa shape index (κ2) is 19.0. The molecular formula is C54H38O8. The van der Waals surface area contributed by atoms with Gasteiger partial charge in [-0.2, -0.15) is 0 Å². The summed E-state index contributed by atoms with van der Waals surface area (Å²) in [6.07, 6.45) is 0. The number of hydrogen-bond acceptors (Lipinski definition) is 8. The van der Waals surface area contributed by atoms with Crippen LogP contribution in [0.2, 0.25) is 0 Å². The van der Waals surface area contributed by atoms with Gasteiger partial charge in [0.2, 0.25) is 0 Å². The first-order chi connectivity index (χ1) is 30.6. The minimum Gasteiger partial charge on any atom is -0.457 e. The molecular weight excluding hydrogens is 777 g/mol. The van der Waals surface area contributed by atoms with E-state index in [1.54, 1.807) is 0 Å². The number of benzene rings is 9. The monoisotopic (exact) mass is 814 g/mol. The predicted molar refractivity (Wildman–Crippen MR) is 239 cm³/mol. The van der Waals surface area contributed by atoms with E-state index in [-0.39, 0.29) is 0 Å². The van der Waals surface area contributed by atoms with Crippen molar-refractivity contribution in [3.63, 3.8) is 0 Å². The minimum absolute atomic E-state index is 0.673. The Balaban J connectivity index is 0.704. The fourth-order valence-corrected chi connectivity index (χ4v) is 6.10. The Bertz CT molecular complexity index is 2560. The van der Waals surface area contributed by atoms with E-state index in [0.717, 1.165) is 23.0 Å². The molecule has 62 heavy (non-hydrogen) atoms. The van der Waals surface area contributed by atoms with Gasteiger partial charge >= 0.3 is 0 Å². The van der Waals surface area contributed by atoms with E-state index in [1.165, 1.54) is 0 Å². The number of rotatable bonds is 16. The molecule has 8 heteroatoms. The molecule has 0 heterocycles. The van der Waals surface area contributed by atoms with E-state index in [1.807, 2.05) is 231 Å². The Hall–Kier alpha value is -8.62. The van der Waals surface area contributed by atoms with Crippen LogP contribution in [0.25, 0.3) is 0 Å². The van der Waals surface area contributed by atoms with Crippen LogP contribution in [-0.4, -0.2) is 0 Å². The normalized spacial score (nSPS) is 10.6. The summed E-state index contributed by atoms with van der Waals surface area (Å²) in [6.45, 7) is 0. The van der Waals surface area contributed by atoms with Crippen LogP contribution < -0.4 is 37.9 Å². The lowest BCUT2D eigenvalue weighted by Crippen LogP contribution is -1.89. The summed E-state index contributed by atoms with van der Waals surface area (Å²) >= 11 is 0. The first kappa shape index (κ1) is 38.9. The lowest BCUT2D eigenvalue weighted by molar-refractivity contribution is 0.458. The van der Waals surface area contributed by atoms with Crippen molar-refractivity contribution in [1.82, 2.24) is 0 Å². The van der Waals surface area contributed by atoms with Crippen LogP contribution in [0.4, 0.5) is 0 Å². The molecule has 0 atom stereocenters. The Kier molecular flexibility index (Phi) is 11.9. The van der Waals surface area contributed by atoms with E-state index < -0.39 is 0 Å². The lowest BCUT2D eigenvalue weighted by Gasteiger charge is -2.11. The van der Waals surface area contributed by atoms with Crippen molar-refractivity contribution in [3.05, 3.63) is 231 Å². The van der Waals surface area contributed by atoms with Crippen molar-refractivity contribution < 1.29 is 37.9 Å². The van der Waals surface area contributed by atoms with Crippen LogP contribution in [-0.2, 0) is 0 Å². The average molecular weight is 815 g/mol. The van der Waals surface area contributed by atoms with Crippen LogP contribution in [0.15, 0.2) is 231 Å². The number of ether oxygens (including phenoxy) is 8. The van der Waals surface area contributed by atoms with Crippen molar-refractivity contribution in [2.45, 2.75) is 0 Å². The fraction of sp³-hybridized carbons (Fsp3) is 0. The third-order valence-corrected chi connectivity index (χ3v) is 9.14. The molecule has 0 saturated heterocycles. The molecule has 0 amide bonds. The van der Waals surface area contributed by atoms with Crippen LogP contribution in [0.5, 0.6) is 92.0 Å². The highest BCUT2D eigenvalue weighted by Gasteiger charge is 2.07. The number of para-hydroxylation sites is 2. The third-order valence-electron chi connectivity index (χ3n) is 9.14. The van der Waals surface area contributed by atoms with Gasteiger partial charge in [0.1, 0.15) is 92.0 Å². The molecule has 0 aliphatic carbocycles. The molecule has 0 bridgehead atoms. The van der Waals surface area contributed by atoms with Gasteiger partial charge in [-0.15, -0.1) is 0 Å². The largest absolute Gasteiger partial charge is 0.457 e. The van der Waals surface area contributed by atoms with Crippen LogP contribution in [0.1, 0.15) is 0 Å². The van der Waals surface area contributed by atoms with Crippen LogP contribution >= 0.6 is 0 Å². The summed E-state index contributed by atoms with van der Waals surface area (Å²) in [4.78, 5) is 0. The zero-order chi connectivity index (χ0) is 41.8. The quantitative estimate of drug-likeness (QED) is 0.0955. The predicted octanol–water partition coefficient (Wildman–Crippen LogP) is 16.0. The summed E-state index contributed by atoms with van der Waals surface area (Å²) in [5.41, 5.74) is 0. The van der Waals surface area contributed by atoms with Crippen molar-refractivity contribution in [3.8, 4) is 92.0 Å². The van der Waals surface area contributed by atoms with Gasteiger partial charge in [0.15, 0.2) is 0 Å². The molecule has 8 nitrogen and oxygen atoms in total. The van der Waals surface area contributed by atoms with Gasteiger partial charge in [-0.1, -0.05) is 36.4 Å². The van der Waals surface area contributed by atoms with Crippen molar-refractivity contribution in [1.29, 1.82) is 0 Å². The SMILES string of the molecule is c1ccc(Oc2ccc(Oc3ccc(Oc4ccc(Oc5ccc(Oc6ccc(Oc7ccc(Oc8ccc(Oc9ccccc9)cc8)cc7)cc6)cc5)cc4)cc3)cc2)cc1. The maximum atomic E-state index is 6.07. The maximum Gasteiger partial charge on any atom is 0.127 e. The third kappa shape index (κ3) is 10.9. The molecule has 302 valence electrons. The average Bonchev–Trinajstić information content (AvgIpc) is 3.32. The van der Waals surface area contributed by atoms with Crippen molar-refractivity contribution >= 4 is 0 Å². The first-order valence-corrected chi connectivity index (χ1v) is 19.8. The smallest absolute Gasteiger partial charge is 0.127 e. The Morgan fingerprint density at radius 3 is 0.323 bits per heavy atom. The van der Waals surface area contributed by atoms with Crippen molar-refractivity contribution in [2.75, 3.05) is 0 Å². The highest BCUT2D eigenvalue weighted by molar-refractivity contribution is 5.45. The van der Waals surface area contributed by atoms with Gasteiger partial charge in [0.05, 0.1) is 0 Å². The van der Waals surface area contributed by atoms with Gasteiger partial charge in [-0.3, -0.25) is 0 Å². The second-order valence-electron chi connectivity index (χ2n) is 13.7. The molecule has 0 saturated carbocycles. The molecule has 0 spiro atoms. The summed E-state index contributed by atoms with van der Waals surface area (Å²) in [7, 11) is 0. The fourth-order valence-electron chi connectivity index (χ4n) is 6.10. The second-order valence-corrected chi connectivity index (χ2v) is 13.7. The maximum absolute atomic E-state index is 6.07. The molecule has 0 aliphatic rings. The highest BCUT2D eigenvalue weighted by atomic mass is 16.5. The zero-order valence-electron chi connectivity index (χ0n) is 33.2. The Morgan fingerprint density at radius 1 is 0.113 bits per heavy atom. The summed E-state index contributed by atoms with van der Waals surface area (Å²) in [5.74, 6) is 11.2. The van der Waals surface area contributed by atoms with Gasteiger partial charge < -0.3 is 37.9 Å². The molecule has 9 aromatic carbocycles. The first-order valence-electron chi connectivity index (χ1n) is 19.8. The molecule has 0 aromatic heterocycles. The lowest BCUT2D eigenvalue weighted by atomic mass is 10.3. The molecule has 0 aliphatic heterocycles. The van der Waals surface area contributed by atoms with E-state index >= 15 is 0 Å². The summed E-state index contributed by atoms with van der Waals surface area (Å²) < 4.78 is 47.9. The van der Waals surface area contributed by atoms with Gasteiger partial charge in [0.25, 0.3) is 0 Å². The molecule has 0 unspecified atom stereocenters. The van der Waals surface area contributed by atoms with E-state index in [0.29, 0.717) is 69.0 Å². The minimum atomic E-state index is 0.673. The highest BCUT2D eigenvalue weighted by Crippen LogP contribution is 2.34. The summed E-state index contributed by atoms with van der Waals surface area (Å²) in [5, 5.41) is 0. The number of hydrogen-bond donors (Lipinski definition) is 0. The van der Waals surface area contributed by atoms with Gasteiger partial charge in [-0.25, -0.2) is 0 Å². The van der Waals surface area contributed by atoms with E-state index in [9.17, 15) is 0 Å². The molecule has 0 radical (unpaired) electrons. The molecule has 9 aromatic rings. The van der Waals surface area contributed by atoms with Crippen LogP contribution in [0, 0.1) is 0 Å². The van der Waals surface area contributed by atoms with E-state index in [2.05, 4.69) is 0 Å². The standard InChI is InChI=1S/C54H38O8/c1-3-7-39(8-4-1)55-41-11-15-43(16-12-41)57-45-19-23-47(24-20-45)59-49-27-31-51(32-28-49)61-53-35-37-54(38-36-53)62-52-33-29-50(30-34-52)60-48-25-21-46(22-26-48)58-44-17-13-42(14-18-44)56-40-9-5-2-6-10-40/h1-38H. The summed E-state index contributed by atoms with van der Waals surface area (Å²) in [6, 6.07) is 71.5. The molecule has 9 rings (SSSR count). The Morgan fingerprint density at radius 2 is 0.210 bits per heavy atom. The van der Waals surface area contributed by atoms with E-state index in [4.69, 9.17) is 37.9 Å². The molecule has 0 N–H and O–H groups in total. The zero-order valence-corrected chi connectivity index (χ0v) is 33.2.